The third-order valence-corrected chi connectivity index (χ3v) is 4.45. The first-order chi connectivity index (χ1) is 13.2. The average Bonchev–Trinajstić information content (AvgIpc) is 3.35. The van der Waals surface area contributed by atoms with Gasteiger partial charge in [0.1, 0.15) is 6.23 Å². The highest BCUT2D eigenvalue weighted by atomic mass is 19.1. The largest absolute Gasteiger partial charge is 0.465 e. The summed E-state index contributed by atoms with van der Waals surface area (Å²) in [6, 6.07) is 6.92. The van der Waals surface area contributed by atoms with Gasteiger partial charge in [0, 0.05) is 13.2 Å². The SMILES string of the molecule is COC(=O)c1ccc(CNc2nc(F)nc3c2ncn3C2CCCO2)cc1. The van der Waals surface area contributed by atoms with Crippen molar-refractivity contribution in [3.8, 4) is 0 Å². The van der Waals surface area contributed by atoms with E-state index in [0.717, 1.165) is 18.4 Å². The Labute approximate surface area is 154 Å². The summed E-state index contributed by atoms with van der Waals surface area (Å²) >= 11 is 0. The van der Waals surface area contributed by atoms with E-state index >= 15 is 0 Å². The highest BCUT2D eigenvalue weighted by Gasteiger charge is 2.22. The van der Waals surface area contributed by atoms with Gasteiger partial charge in [0.05, 0.1) is 19.0 Å². The maximum atomic E-state index is 14.0. The van der Waals surface area contributed by atoms with Crippen LogP contribution in [-0.4, -0.2) is 39.2 Å². The number of anilines is 1. The molecule has 2 aromatic heterocycles. The van der Waals surface area contributed by atoms with Crippen LogP contribution in [0.2, 0.25) is 0 Å². The number of hydrogen-bond acceptors (Lipinski definition) is 7. The summed E-state index contributed by atoms with van der Waals surface area (Å²) < 4.78 is 26.0. The summed E-state index contributed by atoms with van der Waals surface area (Å²) in [5.41, 5.74) is 2.25. The molecule has 0 bridgehead atoms. The lowest BCUT2D eigenvalue weighted by atomic mass is 10.1. The van der Waals surface area contributed by atoms with Gasteiger partial charge in [-0.3, -0.25) is 4.57 Å². The van der Waals surface area contributed by atoms with Crippen molar-refractivity contribution in [2.75, 3.05) is 19.0 Å². The number of methoxy groups -OCH3 is 1. The molecule has 1 fully saturated rings. The standard InChI is InChI=1S/C18H18FN5O3/c1-26-17(25)12-6-4-11(5-7-12)9-20-15-14-16(23-18(19)22-15)24(10-21-14)13-3-2-8-27-13/h4-7,10,13H,2-3,8-9H2,1H3,(H,20,22,23). The number of carbonyl (C=O) groups is 1. The van der Waals surface area contributed by atoms with Crippen LogP contribution in [-0.2, 0) is 16.0 Å². The Morgan fingerprint density at radius 3 is 2.89 bits per heavy atom. The fourth-order valence-electron chi connectivity index (χ4n) is 3.07. The first kappa shape index (κ1) is 17.3. The molecule has 1 N–H and O–H groups in total. The summed E-state index contributed by atoms with van der Waals surface area (Å²) in [5.74, 6) is -0.0833. The molecule has 0 radical (unpaired) electrons. The predicted molar refractivity (Wildman–Crippen MR) is 94.6 cm³/mol. The van der Waals surface area contributed by atoms with Gasteiger partial charge in [-0.1, -0.05) is 12.1 Å². The number of benzene rings is 1. The van der Waals surface area contributed by atoms with Crippen LogP contribution in [0.15, 0.2) is 30.6 Å². The van der Waals surface area contributed by atoms with E-state index in [-0.39, 0.29) is 6.23 Å². The normalized spacial score (nSPS) is 16.6. The third kappa shape index (κ3) is 3.45. The number of nitrogens with zero attached hydrogens (tertiary/aromatic N) is 4. The minimum Gasteiger partial charge on any atom is -0.465 e. The number of ether oxygens (including phenoxy) is 2. The van der Waals surface area contributed by atoms with Crippen molar-refractivity contribution in [2.24, 2.45) is 0 Å². The maximum Gasteiger partial charge on any atom is 0.337 e. The van der Waals surface area contributed by atoms with Crippen molar-refractivity contribution in [3.63, 3.8) is 0 Å². The van der Waals surface area contributed by atoms with E-state index in [0.29, 0.717) is 35.7 Å². The molecule has 1 saturated heterocycles. The van der Waals surface area contributed by atoms with Crippen LogP contribution in [0.1, 0.15) is 35.0 Å². The lowest BCUT2D eigenvalue weighted by molar-refractivity contribution is 0.0590. The summed E-state index contributed by atoms with van der Waals surface area (Å²) in [6.07, 6.45) is 2.39. The van der Waals surface area contributed by atoms with E-state index < -0.39 is 12.0 Å². The molecule has 1 aromatic carbocycles. The molecule has 0 aliphatic carbocycles. The Hall–Kier alpha value is -3.07. The number of rotatable bonds is 5. The Bertz CT molecular complexity index is 967. The number of carbonyl (C=O) groups excluding carboxylic acids is 1. The number of fused-ring (bicyclic) bond motifs is 1. The molecule has 8 nitrogen and oxygen atoms in total. The molecule has 1 unspecified atom stereocenters. The Balaban J connectivity index is 1.56. The molecule has 3 aromatic rings. The van der Waals surface area contributed by atoms with Crippen molar-refractivity contribution < 1.29 is 18.7 Å². The summed E-state index contributed by atoms with van der Waals surface area (Å²) in [7, 11) is 1.34. The van der Waals surface area contributed by atoms with Crippen molar-refractivity contribution in [3.05, 3.63) is 47.8 Å². The zero-order valence-electron chi connectivity index (χ0n) is 14.7. The first-order valence-corrected chi connectivity index (χ1v) is 8.58. The Kier molecular flexibility index (Phi) is 4.68. The molecule has 1 aliphatic heterocycles. The van der Waals surface area contributed by atoms with Crippen LogP contribution >= 0.6 is 0 Å². The van der Waals surface area contributed by atoms with Gasteiger partial charge in [0.25, 0.3) is 0 Å². The molecule has 1 atom stereocenters. The van der Waals surface area contributed by atoms with E-state index in [4.69, 9.17) is 4.74 Å². The zero-order valence-corrected chi connectivity index (χ0v) is 14.7. The van der Waals surface area contributed by atoms with Crippen LogP contribution in [0.5, 0.6) is 0 Å². The van der Waals surface area contributed by atoms with Gasteiger partial charge in [-0.05, 0) is 30.5 Å². The van der Waals surface area contributed by atoms with E-state index in [9.17, 15) is 9.18 Å². The molecule has 140 valence electrons. The monoisotopic (exact) mass is 371 g/mol. The van der Waals surface area contributed by atoms with Crippen LogP contribution in [0, 0.1) is 6.08 Å². The van der Waals surface area contributed by atoms with Crippen LogP contribution in [0.3, 0.4) is 0 Å². The predicted octanol–water partition coefficient (Wildman–Crippen LogP) is 2.67. The second-order valence-electron chi connectivity index (χ2n) is 6.18. The number of nitrogens with one attached hydrogen (secondary N) is 1. The molecular weight excluding hydrogens is 353 g/mol. The van der Waals surface area contributed by atoms with E-state index in [1.165, 1.54) is 7.11 Å². The first-order valence-electron chi connectivity index (χ1n) is 8.58. The minimum atomic E-state index is -0.828. The van der Waals surface area contributed by atoms with Gasteiger partial charge >= 0.3 is 12.0 Å². The quantitative estimate of drug-likeness (QED) is 0.545. The van der Waals surface area contributed by atoms with Crippen molar-refractivity contribution in [1.82, 2.24) is 19.5 Å². The van der Waals surface area contributed by atoms with Gasteiger partial charge < -0.3 is 14.8 Å². The van der Waals surface area contributed by atoms with Gasteiger partial charge in [-0.25, -0.2) is 9.78 Å². The number of esters is 1. The second kappa shape index (κ2) is 7.28. The van der Waals surface area contributed by atoms with E-state index in [1.54, 1.807) is 35.2 Å². The molecule has 3 heterocycles. The number of halogens is 1. The zero-order chi connectivity index (χ0) is 18.8. The smallest absolute Gasteiger partial charge is 0.337 e. The summed E-state index contributed by atoms with van der Waals surface area (Å²) in [4.78, 5) is 23.5. The Morgan fingerprint density at radius 1 is 1.37 bits per heavy atom. The molecule has 27 heavy (non-hydrogen) atoms. The maximum absolute atomic E-state index is 14.0. The lowest BCUT2D eigenvalue weighted by Gasteiger charge is -2.12. The fraction of sp³-hybridized carbons (Fsp3) is 0.333. The number of hydrogen-bond donors (Lipinski definition) is 1. The highest BCUT2D eigenvalue weighted by Crippen LogP contribution is 2.28. The lowest BCUT2D eigenvalue weighted by Crippen LogP contribution is -2.09. The number of aromatic nitrogens is 4. The summed E-state index contributed by atoms with van der Waals surface area (Å²) in [5, 5.41) is 3.09. The highest BCUT2D eigenvalue weighted by molar-refractivity contribution is 5.89. The van der Waals surface area contributed by atoms with E-state index in [2.05, 4.69) is 25.0 Å². The molecule has 1 aliphatic rings. The molecule has 4 rings (SSSR count). The molecule has 0 spiro atoms. The van der Waals surface area contributed by atoms with Gasteiger partial charge in [-0.15, -0.1) is 0 Å². The molecule has 9 heteroatoms. The molecule has 0 amide bonds. The number of imidazole rings is 1. The van der Waals surface area contributed by atoms with Crippen molar-refractivity contribution in [1.29, 1.82) is 0 Å². The molecule has 0 saturated carbocycles. The van der Waals surface area contributed by atoms with Crippen LogP contribution in [0.4, 0.5) is 10.2 Å². The van der Waals surface area contributed by atoms with Gasteiger partial charge in [0.2, 0.25) is 0 Å². The Morgan fingerprint density at radius 2 is 2.19 bits per heavy atom. The summed E-state index contributed by atoms with van der Waals surface area (Å²) in [6.45, 7) is 1.06. The topological polar surface area (TPSA) is 91.2 Å². The van der Waals surface area contributed by atoms with Crippen molar-refractivity contribution >= 4 is 23.0 Å². The fourth-order valence-corrected chi connectivity index (χ4v) is 3.07. The third-order valence-electron chi connectivity index (χ3n) is 4.45. The van der Waals surface area contributed by atoms with Crippen LogP contribution < -0.4 is 5.32 Å². The van der Waals surface area contributed by atoms with Crippen LogP contribution in [0.25, 0.3) is 11.2 Å². The molecular formula is C18H18FN5O3. The van der Waals surface area contributed by atoms with Crippen molar-refractivity contribution in [2.45, 2.75) is 25.6 Å². The van der Waals surface area contributed by atoms with E-state index in [1.807, 2.05) is 0 Å². The average molecular weight is 371 g/mol. The minimum absolute atomic E-state index is 0.178. The second-order valence-corrected chi connectivity index (χ2v) is 6.18. The van der Waals surface area contributed by atoms with Gasteiger partial charge in [0.15, 0.2) is 17.0 Å². The van der Waals surface area contributed by atoms with Gasteiger partial charge in [-0.2, -0.15) is 14.4 Å².